The number of rotatable bonds is 5. The van der Waals surface area contributed by atoms with Gasteiger partial charge in [0.25, 0.3) is 0 Å². The van der Waals surface area contributed by atoms with Gasteiger partial charge >= 0.3 is 0 Å². The molecule has 1 unspecified atom stereocenters. The van der Waals surface area contributed by atoms with Gasteiger partial charge in [-0.2, -0.15) is 0 Å². The molecule has 1 aromatic carbocycles. The normalized spacial score (nSPS) is 16.1. The predicted octanol–water partition coefficient (Wildman–Crippen LogP) is 3.72. The van der Waals surface area contributed by atoms with E-state index in [4.69, 9.17) is 4.99 Å². The summed E-state index contributed by atoms with van der Waals surface area (Å²) in [4.78, 5) is 21.0. The molecule has 0 spiro atoms. The van der Waals surface area contributed by atoms with Crippen LogP contribution in [0.25, 0.3) is 5.03 Å². The van der Waals surface area contributed by atoms with E-state index >= 15 is 0 Å². The third-order valence-corrected chi connectivity index (χ3v) is 6.80. The fraction of sp³-hybridized carbons (Fsp3) is 0.429. The first-order valence-electron chi connectivity index (χ1n) is 9.26. The fourth-order valence-corrected chi connectivity index (χ4v) is 5.69. The molecule has 1 amide bonds. The standard InChI is InChI=1S/C21H27N3OS2/c1-7-24-16(6)22-20-17(10-15(5)27-20)21(24)26-11-18(25)23-19-13(3)8-12(2)9-14(19)4/h8-10,16H,7,11H2,1-6H3,(H,23,25). The van der Waals surface area contributed by atoms with Gasteiger partial charge in [0.1, 0.15) is 10.8 Å². The van der Waals surface area contributed by atoms with Crippen LogP contribution in [0, 0.1) is 27.7 Å². The van der Waals surface area contributed by atoms with Crippen LogP contribution in [0.2, 0.25) is 0 Å². The smallest absolute Gasteiger partial charge is 0.234 e. The molecule has 1 aromatic heterocycles. The van der Waals surface area contributed by atoms with Crippen molar-refractivity contribution in [2.75, 3.05) is 17.6 Å². The molecule has 0 aliphatic carbocycles. The number of hydrogen-bond donors (Lipinski definition) is 1. The van der Waals surface area contributed by atoms with Crippen LogP contribution in [0.3, 0.4) is 0 Å². The SMILES string of the molecule is CCN1C(SCC(=O)Nc2c(C)cc(C)cc2C)=c2cc(C)sc2=NC1C. The van der Waals surface area contributed by atoms with Crippen molar-refractivity contribution in [1.82, 2.24) is 4.90 Å². The molecular weight excluding hydrogens is 374 g/mol. The third-order valence-electron chi connectivity index (χ3n) is 4.70. The summed E-state index contributed by atoms with van der Waals surface area (Å²) in [6.45, 7) is 13.4. The van der Waals surface area contributed by atoms with E-state index in [2.05, 4.69) is 56.1 Å². The van der Waals surface area contributed by atoms with E-state index in [0.29, 0.717) is 5.75 Å². The maximum absolute atomic E-state index is 12.7. The molecule has 0 saturated carbocycles. The molecule has 1 aliphatic heterocycles. The monoisotopic (exact) mass is 401 g/mol. The van der Waals surface area contributed by atoms with Crippen LogP contribution in [0.1, 0.15) is 35.4 Å². The van der Waals surface area contributed by atoms with E-state index in [1.54, 1.807) is 23.1 Å². The zero-order valence-corrected chi connectivity index (χ0v) is 18.5. The molecule has 3 rings (SSSR count). The summed E-state index contributed by atoms with van der Waals surface area (Å²) in [5.41, 5.74) is 4.36. The molecule has 0 fully saturated rings. The molecule has 144 valence electrons. The van der Waals surface area contributed by atoms with Gasteiger partial charge in [-0.05, 0) is 58.7 Å². The zero-order chi connectivity index (χ0) is 19.7. The number of aryl methyl sites for hydroxylation is 4. The Morgan fingerprint density at radius 1 is 1.22 bits per heavy atom. The van der Waals surface area contributed by atoms with Gasteiger partial charge in [0.15, 0.2) is 0 Å². The molecule has 2 aromatic rings. The number of thioether (sulfide) groups is 1. The Balaban J connectivity index is 1.81. The highest BCUT2D eigenvalue weighted by Gasteiger charge is 2.22. The molecule has 4 nitrogen and oxygen atoms in total. The summed E-state index contributed by atoms with van der Waals surface area (Å²) in [6.07, 6.45) is 0.104. The lowest BCUT2D eigenvalue weighted by molar-refractivity contribution is -0.113. The Hall–Kier alpha value is -1.79. The van der Waals surface area contributed by atoms with Crippen molar-refractivity contribution in [2.45, 2.75) is 47.7 Å². The summed E-state index contributed by atoms with van der Waals surface area (Å²) in [6, 6.07) is 6.40. The molecule has 0 radical (unpaired) electrons. The Labute approximate surface area is 169 Å². The maximum Gasteiger partial charge on any atom is 0.234 e. The van der Waals surface area contributed by atoms with E-state index in [-0.39, 0.29) is 12.1 Å². The molecule has 1 N–H and O–H groups in total. The Morgan fingerprint density at radius 2 is 1.89 bits per heavy atom. The average Bonchev–Trinajstić information content (AvgIpc) is 2.95. The molecule has 6 heteroatoms. The van der Waals surface area contributed by atoms with Crippen LogP contribution in [0.4, 0.5) is 5.69 Å². The van der Waals surface area contributed by atoms with E-state index in [0.717, 1.165) is 38.3 Å². The van der Waals surface area contributed by atoms with Crippen molar-refractivity contribution in [3.05, 3.63) is 49.7 Å². The van der Waals surface area contributed by atoms with Gasteiger partial charge in [-0.25, -0.2) is 4.99 Å². The zero-order valence-electron chi connectivity index (χ0n) is 16.8. The van der Waals surface area contributed by atoms with Crippen LogP contribution >= 0.6 is 23.1 Å². The number of carbonyl (C=O) groups excluding carboxylic acids is 1. The van der Waals surface area contributed by atoms with Gasteiger partial charge < -0.3 is 10.2 Å². The van der Waals surface area contributed by atoms with Gasteiger partial charge in [0.2, 0.25) is 5.91 Å². The van der Waals surface area contributed by atoms with Gasteiger partial charge in [0.05, 0.1) is 10.8 Å². The molecule has 1 aliphatic rings. The Morgan fingerprint density at radius 3 is 2.52 bits per heavy atom. The van der Waals surface area contributed by atoms with Crippen molar-refractivity contribution < 1.29 is 4.79 Å². The number of carbonyl (C=O) groups is 1. The first kappa shape index (κ1) is 20.0. The van der Waals surface area contributed by atoms with E-state index in [1.165, 1.54) is 10.4 Å². The Kier molecular flexibility index (Phi) is 5.96. The minimum Gasteiger partial charge on any atom is -0.344 e. The average molecular weight is 402 g/mol. The fourth-order valence-electron chi connectivity index (χ4n) is 3.57. The molecule has 27 heavy (non-hydrogen) atoms. The van der Waals surface area contributed by atoms with Crippen molar-refractivity contribution in [2.24, 2.45) is 4.99 Å². The largest absolute Gasteiger partial charge is 0.344 e. The van der Waals surface area contributed by atoms with E-state index in [1.807, 2.05) is 13.8 Å². The maximum atomic E-state index is 12.7. The van der Waals surface area contributed by atoms with Crippen molar-refractivity contribution in [3.63, 3.8) is 0 Å². The molecular formula is C21H27N3OS2. The van der Waals surface area contributed by atoms with Crippen LogP contribution in [0.5, 0.6) is 0 Å². The lowest BCUT2D eigenvalue weighted by Crippen LogP contribution is -2.42. The number of nitrogens with zero attached hydrogens (tertiary/aromatic N) is 2. The predicted molar refractivity (Wildman–Crippen MR) is 117 cm³/mol. The number of thiophene rings is 1. The summed E-state index contributed by atoms with van der Waals surface area (Å²) in [5.74, 6) is 0.418. The quantitative estimate of drug-likeness (QED) is 0.830. The van der Waals surface area contributed by atoms with Crippen molar-refractivity contribution in [1.29, 1.82) is 0 Å². The second-order valence-electron chi connectivity index (χ2n) is 7.04. The number of amides is 1. The number of nitrogens with one attached hydrogen (secondary N) is 1. The van der Waals surface area contributed by atoms with Gasteiger partial charge in [-0.3, -0.25) is 4.79 Å². The highest BCUT2D eigenvalue weighted by molar-refractivity contribution is 8.08. The van der Waals surface area contributed by atoms with Crippen LogP contribution in [-0.4, -0.2) is 29.3 Å². The molecule has 2 heterocycles. The molecule has 0 saturated heterocycles. The summed E-state index contributed by atoms with van der Waals surface area (Å²) in [5, 5.41) is 5.43. The molecule has 1 atom stereocenters. The van der Waals surface area contributed by atoms with Gasteiger partial charge in [0, 0.05) is 22.3 Å². The van der Waals surface area contributed by atoms with Gasteiger partial charge in [-0.1, -0.05) is 29.5 Å². The van der Waals surface area contributed by atoms with Crippen LogP contribution in [0.15, 0.2) is 23.2 Å². The minimum atomic E-state index is 0.0299. The lowest BCUT2D eigenvalue weighted by atomic mass is 10.1. The van der Waals surface area contributed by atoms with Crippen molar-refractivity contribution >= 4 is 39.7 Å². The number of hydrogen-bond acceptors (Lipinski definition) is 5. The van der Waals surface area contributed by atoms with Gasteiger partial charge in [-0.15, -0.1) is 11.3 Å². The highest BCUT2D eigenvalue weighted by Crippen LogP contribution is 2.26. The van der Waals surface area contributed by atoms with Crippen LogP contribution < -0.4 is 15.2 Å². The van der Waals surface area contributed by atoms with E-state index < -0.39 is 0 Å². The van der Waals surface area contributed by atoms with Crippen molar-refractivity contribution in [3.8, 4) is 0 Å². The van der Waals surface area contributed by atoms with E-state index in [9.17, 15) is 4.79 Å². The van der Waals surface area contributed by atoms with Crippen LogP contribution in [-0.2, 0) is 4.79 Å². The third kappa shape index (κ3) is 4.22. The Bertz CT molecular complexity index is 970. The number of benzene rings is 1. The first-order valence-corrected chi connectivity index (χ1v) is 11.1. The lowest BCUT2D eigenvalue weighted by Gasteiger charge is -2.31. The number of anilines is 1. The summed E-state index contributed by atoms with van der Waals surface area (Å²) < 4.78 is 1.08. The summed E-state index contributed by atoms with van der Waals surface area (Å²) in [7, 11) is 0. The number of fused-ring (bicyclic) bond motifs is 1. The minimum absolute atomic E-state index is 0.0299. The molecule has 0 bridgehead atoms. The topological polar surface area (TPSA) is 44.7 Å². The summed E-state index contributed by atoms with van der Waals surface area (Å²) >= 11 is 3.33. The second kappa shape index (κ2) is 8.07. The second-order valence-corrected chi connectivity index (χ2v) is 9.24. The highest BCUT2D eigenvalue weighted by atomic mass is 32.2. The first-order chi connectivity index (χ1) is 12.8.